The topological polar surface area (TPSA) is 50.4 Å². The maximum absolute atomic E-state index is 12.6. The molecule has 0 aliphatic heterocycles. The largest absolute Gasteiger partial charge is 0.492 e. The van der Waals surface area contributed by atoms with E-state index in [2.05, 4.69) is 45.6 Å². The molecule has 0 unspecified atom stereocenters. The third kappa shape index (κ3) is 6.39. The summed E-state index contributed by atoms with van der Waals surface area (Å²) < 4.78 is 6.58. The quantitative estimate of drug-likeness (QED) is 0.389. The molecule has 4 nitrogen and oxygen atoms in total. The molecule has 0 aliphatic rings. The predicted molar refractivity (Wildman–Crippen MR) is 134 cm³/mol. The highest BCUT2D eigenvalue weighted by Crippen LogP contribution is 2.26. The molecule has 3 rings (SSSR count). The van der Waals surface area contributed by atoms with Gasteiger partial charge >= 0.3 is 0 Å². The number of para-hydroxylation sites is 1. The first-order valence-corrected chi connectivity index (χ1v) is 11.3. The Morgan fingerprint density at radius 3 is 2.55 bits per heavy atom. The summed E-state index contributed by atoms with van der Waals surface area (Å²) in [5, 5.41) is 6.19. The fraction of sp³-hybridized carbons (Fsp3) is 0.200. The number of anilines is 1. The minimum absolute atomic E-state index is 0.272. The van der Waals surface area contributed by atoms with Crippen molar-refractivity contribution in [3.8, 4) is 5.75 Å². The summed E-state index contributed by atoms with van der Waals surface area (Å²) in [6.07, 6.45) is 1.69. The Kier molecular flexibility index (Phi) is 8.20. The molecule has 0 aliphatic carbocycles. The van der Waals surface area contributed by atoms with Crippen LogP contribution in [-0.2, 0) is 12.8 Å². The minimum Gasteiger partial charge on any atom is -0.492 e. The lowest BCUT2D eigenvalue weighted by molar-refractivity contribution is 0.0977. The molecule has 0 fully saturated rings. The number of nitrogens with one attached hydrogen (secondary N) is 2. The summed E-state index contributed by atoms with van der Waals surface area (Å²) in [6.45, 7) is 4.65. The number of carbonyl (C=O) groups excluding carboxylic acids is 1. The summed E-state index contributed by atoms with van der Waals surface area (Å²) in [6, 6.07) is 21.5. The number of ether oxygens (including phenoxy) is 1. The van der Waals surface area contributed by atoms with E-state index in [4.69, 9.17) is 17.0 Å². The molecule has 0 atom stereocenters. The second-order valence-electron chi connectivity index (χ2n) is 7.10. The van der Waals surface area contributed by atoms with Gasteiger partial charge in [-0.05, 0) is 76.4 Å². The number of carbonyl (C=O) groups is 1. The molecule has 160 valence electrons. The molecular weight excluding hydrogens is 472 g/mol. The van der Waals surface area contributed by atoms with Gasteiger partial charge in [0, 0.05) is 17.7 Å². The minimum atomic E-state index is -0.277. The summed E-state index contributed by atoms with van der Waals surface area (Å²) in [5.74, 6) is 0.418. The van der Waals surface area contributed by atoms with Gasteiger partial charge in [-0.3, -0.25) is 10.1 Å². The zero-order chi connectivity index (χ0) is 22.2. The Balaban J connectivity index is 1.58. The van der Waals surface area contributed by atoms with Gasteiger partial charge in [0.25, 0.3) is 5.91 Å². The fourth-order valence-electron chi connectivity index (χ4n) is 3.20. The van der Waals surface area contributed by atoms with Crippen LogP contribution in [0.25, 0.3) is 0 Å². The lowest BCUT2D eigenvalue weighted by Crippen LogP contribution is -2.34. The SMILES string of the molecule is CCc1cccc(C)c1NC(=S)NC(=O)c1ccc(OCCc2ccccc2)c(Br)c1. The summed E-state index contributed by atoms with van der Waals surface area (Å²) in [4.78, 5) is 12.6. The van der Waals surface area contributed by atoms with Gasteiger partial charge in [0.15, 0.2) is 5.11 Å². The molecule has 1 amide bonds. The lowest BCUT2D eigenvalue weighted by Gasteiger charge is -2.15. The van der Waals surface area contributed by atoms with Crippen LogP contribution in [0.1, 0.15) is 34.0 Å². The van der Waals surface area contributed by atoms with E-state index in [1.807, 2.05) is 43.3 Å². The van der Waals surface area contributed by atoms with Crippen molar-refractivity contribution in [3.05, 3.63) is 93.5 Å². The molecule has 3 aromatic rings. The first-order valence-electron chi connectivity index (χ1n) is 10.1. The van der Waals surface area contributed by atoms with Gasteiger partial charge in [0.2, 0.25) is 0 Å². The van der Waals surface area contributed by atoms with Gasteiger partial charge in [-0.2, -0.15) is 0 Å². The molecule has 0 saturated heterocycles. The number of halogens is 1. The average Bonchev–Trinajstić information content (AvgIpc) is 2.77. The van der Waals surface area contributed by atoms with E-state index in [0.717, 1.165) is 34.1 Å². The third-order valence-electron chi connectivity index (χ3n) is 4.89. The lowest BCUT2D eigenvalue weighted by atomic mass is 10.1. The van der Waals surface area contributed by atoms with E-state index in [9.17, 15) is 4.79 Å². The number of benzene rings is 3. The third-order valence-corrected chi connectivity index (χ3v) is 5.71. The first kappa shape index (κ1) is 23.0. The molecule has 2 N–H and O–H groups in total. The van der Waals surface area contributed by atoms with Gasteiger partial charge < -0.3 is 10.1 Å². The maximum Gasteiger partial charge on any atom is 0.257 e. The van der Waals surface area contributed by atoms with Crippen molar-refractivity contribution in [3.63, 3.8) is 0 Å². The van der Waals surface area contributed by atoms with Crippen LogP contribution in [0, 0.1) is 6.92 Å². The zero-order valence-electron chi connectivity index (χ0n) is 17.6. The highest BCUT2D eigenvalue weighted by atomic mass is 79.9. The Bertz CT molecular complexity index is 1070. The first-order chi connectivity index (χ1) is 15.0. The molecule has 3 aromatic carbocycles. The summed E-state index contributed by atoms with van der Waals surface area (Å²) in [5.41, 5.74) is 4.88. The Labute approximate surface area is 197 Å². The van der Waals surface area contributed by atoms with Crippen LogP contribution in [0.3, 0.4) is 0 Å². The highest BCUT2D eigenvalue weighted by Gasteiger charge is 2.13. The number of rotatable bonds is 7. The monoisotopic (exact) mass is 496 g/mol. The Morgan fingerprint density at radius 1 is 1.06 bits per heavy atom. The van der Waals surface area contributed by atoms with Gasteiger partial charge in [-0.1, -0.05) is 55.5 Å². The van der Waals surface area contributed by atoms with Gasteiger partial charge in [0.05, 0.1) is 11.1 Å². The van der Waals surface area contributed by atoms with Crippen LogP contribution >= 0.6 is 28.1 Å². The van der Waals surface area contributed by atoms with Crippen LogP contribution in [0.2, 0.25) is 0 Å². The van der Waals surface area contributed by atoms with Gasteiger partial charge in [-0.15, -0.1) is 0 Å². The molecule has 0 heterocycles. The second kappa shape index (κ2) is 11.1. The number of aryl methyl sites for hydroxylation is 2. The van der Waals surface area contributed by atoms with E-state index < -0.39 is 0 Å². The normalized spacial score (nSPS) is 10.4. The molecule has 0 spiro atoms. The number of hydrogen-bond acceptors (Lipinski definition) is 3. The van der Waals surface area contributed by atoms with Crippen molar-refractivity contribution in [2.75, 3.05) is 11.9 Å². The van der Waals surface area contributed by atoms with E-state index in [-0.39, 0.29) is 11.0 Å². The van der Waals surface area contributed by atoms with Crippen molar-refractivity contribution in [2.24, 2.45) is 0 Å². The number of hydrogen-bond donors (Lipinski definition) is 2. The average molecular weight is 497 g/mol. The van der Waals surface area contributed by atoms with E-state index >= 15 is 0 Å². The van der Waals surface area contributed by atoms with Crippen molar-refractivity contribution < 1.29 is 9.53 Å². The van der Waals surface area contributed by atoms with Crippen LogP contribution < -0.4 is 15.4 Å². The maximum atomic E-state index is 12.6. The zero-order valence-corrected chi connectivity index (χ0v) is 20.0. The number of thiocarbonyl (C=S) groups is 1. The van der Waals surface area contributed by atoms with E-state index in [0.29, 0.717) is 17.9 Å². The van der Waals surface area contributed by atoms with Crippen molar-refractivity contribution in [1.82, 2.24) is 5.32 Å². The molecule has 31 heavy (non-hydrogen) atoms. The molecule has 0 aromatic heterocycles. The highest BCUT2D eigenvalue weighted by molar-refractivity contribution is 9.10. The summed E-state index contributed by atoms with van der Waals surface area (Å²) >= 11 is 8.86. The van der Waals surface area contributed by atoms with Crippen LogP contribution in [0.5, 0.6) is 5.75 Å². The Morgan fingerprint density at radius 2 is 1.84 bits per heavy atom. The smallest absolute Gasteiger partial charge is 0.257 e. The van der Waals surface area contributed by atoms with Crippen molar-refractivity contribution >= 4 is 44.9 Å². The van der Waals surface area contributed by atoms with E-state index in [1.165, 1.54) is 5.56 Å². The second-order valence-corrected chi connectivity index (χ2v) is 8.36. The fourth-order valence-corrected chi connectivity index (χ4v) is 3.89. The van der Waals surface area contributed by atoms with Crippen LogP contribution in [-0.4, -0.2) is 17.6 Å². The predicted octanol–water partition coefficient (Wildman–Crippen LogP) is 6.07. The Hall–Kier alpha value is -2.70. The standard InChI is InChI=1S/C25H25BrN2O2S/c1-3-19-11-7-8-17(2)23(19)27-25(31)28-24(29)20-12-13-22(21(26)16-20)30-15-14-18-9-5-4-6-10-18/h4-13,16H,3,14-15H2,1-2H3,(H2,27,28,29,31). The van der Waals surface area contributed by atoms with Gasteiger partial charge in [0.1, 0.15) is 5.75 Å². The van der Waals surface area contributed by atoms with Crippen LogP contribution in [0.4, 0.5) is 5.69 Å². The van der Waals surface area contributed by atoms with Crippen molar-refractivity contribution in [1.29, 1.82) is 0 Å². The van der Waals surface area contributed by atoms with Crippen LogP contribution in [0.15, 0.2) is 71.2 Å². The molecule has 0 saturated carbocycles. The molecule has 0 bridgehead atoms. The summed E-state index contributed by atoms with van der Waals surface area (Å²) in [7, 11) is 0. The van der Waals surface area contributed by atoms with E-state index in [1.54, 1.807) is 18.2 Å². The molecule has 6 heteroatoms. The number of amides is 1. The molecular formula is C25H25BrN2O2S. The van der Waals surface area contributed by atoms with Gasteiger partial charge in [-0.25, -0.2) is 0 Å². The van der Waals surface area contributed by atoms with Crippen molar-refractivity contribution in [2.45, 2.75) is 26.7 Å². The molecule has 0 radical (unpaired) electrons.